The van der Waals surface area contributed by atoms with Crippen molar-refractivity contribution in [3.8, 4) is 11.4 Å². The fourth-order valence-corrected chi connectivity index (χ4v) is 3.54. The van der Waals surface area contributed by atoms with Gasteiger partial charge in [0.2, 0.25) is 0 Å². The van der Waals surface area contributed by atoms with Crippen molar-refractivity contribution in [1.29, 1.82) is 0 Å². The molecule has 3 aromatic rings. The van der Waals surface area contributed by atoms with E-state index < -0.39 is 0 Å². The molecule has 5 heteroatoms. The van der Waals surface area contributed by atoms with Gasteiger partial charge in [0.15, 0.2) is 5.82 Å². The van der Waals surface area contributed by atoms with Gasteiger partial charge >= 0.3 is 0 Å². The molecule has 132 valence electrons. The summed E-state index contributed by atoms with van der Waals surface area (Å²) in [6.07, 6.45) is 2.19. The van der Waals surface area contributed by atoms with Crippen LogP contribution in [0.1, 0.15) is 34.6 Å². The molecule has 0 radical (unpaired) electrons. The minimum atomic E-state index is -0.0118. The van der Waals surface area contributed by atoms with Crippen molar-refractivity contribution in [2.24, 2.45) is 7.05 Å². The summed E-state index contributed by atoms with van der Waals surface area (Å²) in [7, 11) is 5.53. The molecule has 0 bridgehead atoms. The molecule has 0 spiro atoms. The SMILES string of the molecule is CN(C)C(=O)c1ccc(-c2nnc(C3(c4ccccc4)CC3)n2C)cc1. The van der Waals surface area contributed by atoms with E-state index in [1.807, 2.05) is 37.4 Å². The van der Waals surface area contributed by atoms with Gasteiger partial charge in [-0.25, -0.2) is 0 Å². The number of carbonyl (C=O) groups excluding carboxylic acids is 1. The second-order valence-electron chi connectivity index (χ2n) is 7.13. The smallest absolute Gasteiger partial charge is 0.253 e. The van der Waals surface area contributed by atoms with Crippen molar-refractivity contribution < 1.29 is 4.79 Å². The van der Waals surface area contributed by atoms with E-state index in [0.29, 0.717) is 5.56 Å². The van der Waals surface area contributed by atoms with Crippen LogP contribution >= 0.6 is 0 Å². The van der Waals surface area contributed by atoms with Crippen molar-refractivity contribution >= 4 is 5.91 Å². The Balaban J connectivity index is 1.67. The Labute approximate surface area is 153 Å². The number of aromatic nitrogens is 3. The van der Waals surface area contributed by atoms with Gasteiger partial charge < -0.3 is 9.47 Å². The number of nitrogens with zero attached hydrogens (tertiary/aromatic N) is 4. The van der Waals surface area contributed by atoms with Crippen LogP contribution in [-0.2, 0) is 12.5 Å². The van der Waals surface area contributed by atoms with Crippen molar-refractivity contribution in [2.45, 2.75) is 18.3 Å². The first-order valence-corrected chi connectivity index (χ1v) is 8.80. The first kappa shape index (κ1) is 16.5. The zero-order valence-electron chi connectivity index (χ0n) is 15.3. The van der Waals surface area contributed by atoms with E-state index in [1.54, 1.807) is 19.0 Å². The van der Waals surface area contributed by atoms with E-state index >= 15 is 0 Å². The second-order valence-corrected chi connectivity index (χ2v) is 7.13. The predicted molar refractivity (Wildman–Crippen MR) is 101 cm³/mol. The van der Waals surface area contributed by atoms with Crippen LogP contribution in [0.4, 0.5) is 0 Å². The normalized spacial score (nSPS) is 14.9. The lowest BCUT2D eigenvalue weighted by molar-refractivity contribution is 0.0827. The molecule has 0 atom stereocenters. The molecular formula is C21H22N4O. The third-order valence-electron chi connectivity index (χ3n) is 5.18. The van der Waals surface area contributed by atoms with Gasteiger partial charge in [-0.05, 0) is 30.5 Å². The molecule has 26 heavy (non-hydrogen) atoms. The predicted octanol–water partition coefficient (Wildman–Crippen LogP) is 3.26. The van der Waals surface area contributed by atoms with Crippen LogP contribution in [0.15, 0.2) is 54.6 Å². The zero-order chi connectivity index (χ0) is 18.3. The monoisotopic (exact) mass is 346 g/mol. The molecular weight excluding hydrogens is 324 g/mol. The van der Waals surface area contributed by atoms with E-state index in [2.05, 4.69) is 39.0 Å². The Morgan fingerprint density at radius 3 is 2.23 bits per heavy atom. The average Bonchev–Trinajstić information content (AvgIpc) is 3.38. The Hall–Kier alpha value is -2.95. The van der Waals surface area contributed by atoms with Crippen LogP contribution in [0.25, 0.3) is 11.4 Å². The highest BCUT2D eigenvalue weighted by atomic mass is 16.2. The van der Waals surface area contributed by atoms with Gasteiger partial charge in [-0.2, -0.15) is 0 Å². The van der Waals surface area contributed by atoms with Gasteiger partial charge in [-0.3, -0.25) is 4.79 Å². The summed E-state index contributed by atoms with van der Waals surface area (Å²) in [6, 6.07) is 18.1. The molecule has 0 saturated heterocycles. The van der Waals surface area contributed by atoms with Crippen LogP contribution in [0.2, 0.25) is 0 Å². The van der Waals surface area contributed by atoms with E-state index in [4.69, 9.17) is 0 Å². The summed E-state index contributed by atoms with van der Waals surface area (Å²) in [4.78, 5) is 13.6. The fourth-order valence-electron chi connectivity index (χ4n) is 3.54. The average molecular weight is 346 g/mol. The lowest BCUT2D eigenvalue weighted by atomic mass is 9.95. The van der Waals surface area contributed by atoms with E-state index in [9.17, 15) is 4.79 Å². The van der Waals surface area contributed by atoms with Gasteiger partial charge in [0, 0.05) is 32.3 Å². The van der Waals surface area contributed by atoms with Crippen LogP contribution < -0.4 is 0 Å². The summed E-state index contributed by atoms with van der Waals surface area (Å²) in [5, 5.41) is 8.97. The maximum atomic E-state index is 12.1. The Morgan fingerprint density at radius 1 is 1.00 bits per heavy atom. The minimum Gasteiger partial charge on any atom is -0.345 e. The number of hydrogen-bond donors (Lipinski definition) is 0. The molecule has 0 N–H and O–H groups in total. The molecule has 1 saturated carbocycles. The molecule has 1 amide bonds. The molecule has 5 nitrogen and oxygen atoms in total. The molecule has 1 heterocycles. The molecule has 4 rings (SSSR count). The highest BCUT2D eigenvalue weighted by Gasteiger charge is 2.49. The lowest BCUT2D eigenvalue weighted by Crippen LogP contribution is -2.21. The number of rotatable bonds is 4. The van der Waals surface area contributed by atoms with Gasteiger partial charge in [0.1, 0.15) is 5.82 Å². The number of carbonyl (C=O) groups is 1. The molecule has 1 aliphatic carbocycles. The van der Waals surface area contributed by atoms with Crippen molar-refractivity contribution in [3.63, 3.8) is 0 Å². The standard InChI is InChI=1S/C21H22N4O/c1-24(2)19(26)16-11-9-15(10-12-16)18-22-23-20(25(18)3)21(13-14-21)17-7-5-4-6-8-17/h4-12H,13-14H2,1-3H3. The summed E-state index contributed by atoms with van der Waals surface area (Å²) in [5.41, 5.74) is 2.92. The molecule has 0 aliphatic heterocycles. The number of benzene rings is 2. The highest BCUT2D eigenvalue weighted by Crippen LogP contribution is 2.52. The first-order chi connectivity index (χ1) is 12.5. The Bertz CT molecular complexity index is 938. The zero-order valence-corrected chi connectivity index (χ0v) is 15.3. The molecule has 1 fully saturated rings. The molecule has 2 aromatic carbocycles. The maximum absolute atomic E-state index is 12.1. The van der Waals surface area contributed by atoms with Crippen LogP contribution in [0.5, 0.6) is 0 Å². The van der Waals surface area contributed by atoms with Crippen molar-refractivity contribution in [1.82, 2.24) is 19.7 Å². The topological polar surface area (TPSA) is 51.0 Å². The molecule has 0 unspecified atom stereocenters. The lowest BCUT2D eigenvalue weighted by Gasteiger charge is -2.15. The van der Waals surface area contributed by atoms with E-state index in [0.717, 1.165) is 30.1 Å². The van der Waals surface area contributed by atoms with Gasteiger partial charge in [-0.1, -0.05) is 42.5 Å². The largest absolute Gasteiger partial charge is 0.345 e. The van der Waals surface area contributed by atoms with Crippen molar-refractivity contribution in [3.05, 3.63) is 71.5 Å². The minimum absolute atomic E-state index is 0.00350. The Morgan fingerprint density at radius 2 is 1.65 bits per heavy atom. The van der Waals surface area contributed by atoms with Crippen molar-refractivity contribution in [2.75, 3.05) is 14.1 Å². The summed E-state index contributed by atoms with van der Waals surface area (Å²) >= 11 is 0. The van der Waals surface area contributed by atoms with Gasteiger partial charge in [0.05, 0.1) is 5.41 Å². The third kappa shape index (κ3) is 2.60. The number of amides is 1. The van der Waals surface area contributed by atoms with Gasteiger partial charge in [-0.15, -0.1) is 10.2 Å². The van der Waals surface area contributed by atoms with E-state index in [1.165, 1.54) is 5.56 Å². The Kier molecular flexibility index (Phi) is 3.87. The molecule has 1 aromatic heterocycles. The maximum Gasteiger partial charge on any atom is 0.253 e. The van der Waals surface area contributed by atoms with Crippen LogP contribution in [-0.4, -0.2) is 39.7 Å². The summed E-state index contributed by atoms with van der Waals surface area (Å²) < 4.78 is 2.09. The van der Waals surface area contributed by atoms with Gasteiger partial charge in [0.25, 0.3) is 5.91 Å². The second kappa shape index (κ2) is 6.09. The quantitative estimate of drug-likeness (QED) is 0.728. The third-order valence-corrected chi connectivity index (χ3v) is 5.18. The highest BCUT2D eigenvalue weighted by molar-refractivity contribution is 5.94. The number of hydrogen-bond acceptors (Lipinski definition) is 3. The summed E-state index contributed by atoms with van der Waals surface area (Å²) in [6.45, 7) is 0. The fraction of sp³-hybridized carbons (Fsp3) is 0.286. The van der Waals surface area contributed by atoms with Crippen LogP contribution in [0.3, 0.4) is 0 Å². The first-order valence-electron chi connectivity index (χ1n) is 8.80. The summed E-state index contributed by atoms with van der Waals surface area (Å²) in [5.74, 6) is 1.83. The van der Waals surface area contributed by atoms with E-state index in [-0.39, 0.29) is 11.3 Å². The molecule has 1 aliphatic rings. The van der Waals surface area contributed by atoms with Crippen LogP contribution in [0, 0.1) is 0 Å².